The molecule has 3 heterocycles. The van der Waals surface area contributed by atoms with Crippen LogP contribution in [0.4, 0.5) is 5.82 Å². The fourth-order valence-corrected chi connectivity index (χ4v) is 4.67. The van der Waals surface area contributed by atoms with Gasteiger partial charge in [0.05, 0.1) is 16.4 Å². The zero-order valence-electron chi connectivity index (χ0n) is 14.2. The van der Waals surface area contributed by atoms with Gasteiger partial charge in [-0.15, -0.1) is 0 Å². The number of hydrogen-bond acceptors (Lipinski definition) is 5. The number of fused-ring (bicyclic) bond motifs is 2. The monoisotopic (exact) mass is 355 g/mol. The first-order valence-electron chi connectivity index (χ1n) is 9.18. The molecule has 4 aliphatic rings. The third kappa shape index (κ3) is 2.53. The number of nitrogens with zero attached hydrogens (tertiary/aromatic N) is 4. The lowest BCUT2D eigenvalue weighted by molar-refractivity contribution is 0.00953. The Morgan fingerprint density at radius 1 is 1.16 bits per heavy atom. The molecular formula is C19H22ClN5. The summed E-state index contributed by atoms with van der Waals surface area (Å²) in [5.74, 6) is 0.783. The predicted octanol–water partition coefficient (Wildman–Crippen LogP) is 4.15. The molecule has 1 aromatic heterocycles. The smallest absolute Gasteiger partial charge is 0.133 e. The minimum atomic E-state index is 0.0712. The third-order valence-electron chi connectivity index (χ3n) is 5.69. The van der Waals surface area contributed by atoms with Gasteiger partial charge in [-0.1, -0.05) is 18.0 Å². The molecule has 5 rings (SSSR count). The lowest BCUT2D eigenvalue weighted by atomic mass is 9.86. The standard InChI is InChI=1S/C19H22ClN5/c20-16-10-14(23-18-6-9-21-13-22-18)11-25-17(16)12-24(15-4-5-15)19(25)7-2-1-3-8-19/h6,9-13,15H,1-5,7-8H2,(H,21,22,23). The molecule has 130 valence electrons. The summed E-state index contributed by atoms with van der Waals surface area (Å²) >= 11 is 6.68. The van der Waals surface area contributed by atoms with Crippen LogP contribution in [0.5, 0.6) is 0 Å². The second kappa shape index (κ2) is 5.77. The van der Waals surface area contributed by atoms with Crippen LogP contribution in [-0.2, 0) is 0 Å². The van der Waals surface area contributed by atoms with E-state index in [1.165, 1.54) is 44.9 Å². The van der Waals surface area contributed by atoms with Crippen LogP contribution >= 0.6 is 11.6 Å². The normalized spacial score (nSPS) is 24.6. The predicted molar refractivity (Wildman–Crippen MR) is 98.3 cm³/mol. The van der Waals surface area contributed by atoms with E-state index in [0.29, 0.717) is 6.04 Å². The van der Waals surface area contributed by atoms with E-state index in [4.69, 9.17) is 11.6 Å². The maximum atomic E-state index is 6.68. The Labute approximate surface area is 153 Å². The maximum Gasteiger partial charge on any atom is 0.133 e. The molecule has 1 N–H and O–H groups in total. The van der Waals surface area contributed by atoms with Gasteiger partial charge in [-0.05, 0) is 50.7 Å². The molecule has 0 radical (unpaired) electrons. The number of anilines is 1. The summed E-state index contributed by atoms with van der Waals surface area (Å²) in [5, 5.41) is 4.17. The highest BCUT2D eigenvalue weighted by Crippen LogP contribution is 2.51. The largest absolute Gasteiger partial charge is 0.350 e. The van der Waals surface area contributed by atoms with Crippen LogP contribution in [0.15, 0.2) is 53.5 Å². The Morgan fingerprint density at radius 2 is 2.00 bits per heavy atom. The van der Waals surface area contributed by atoms with E-state index in [9.17, 15) is 0 Å². The van der Waals surface area contributed by atoms with E-state index in [2.05, 4.69) is 37.5 Å². The fraction of sp³-hybridized carbons (Fsp3) is 0.474. The molecular weight excluding hydrogens is 334 g/mol. The van der Waals surface area contributed by atoms with Gasteiger partial charge in [-0.2, -0.15) is 0 Å². The van der Waals surface area contributed by atoms with Gasteiger partial charge < -0.3 is 15.1 Å². The summed E-state index contributed by atoms with van der Waals surface area (Å²) in [4.78, 5) is 13.3. The summed E-state index contributed by atoms with van der Waals surface area (Å²) in [5.41, 5.74) is 2.19. The highest BCUT2D eigenvalue weighted by molar-refractivity contribution is 6.32. The van der Waals surface area contributed by atoms with Crippen molar-refractivity contribution in [3.05, 3.63) is 53.5 Å². The van der Waals surface area contributed by atoms with Crippen molar-refractivity contribution in [1.82, 2.24) is 19.8 Å². The van der Waals surface area contributed by atoms with Crippen LogP contribution in [-0.4, -0.2) is 31.5 Å². The lowest BCUT2D eigenvalue weighted by Crippen LogP contribution is -2.54. The topological polar surface area (TPSA) is 44.3 Å². The average molecular weight is 356 g/mol. The van der Waals surface area contributed by atoms with Crippen molar-refractivity contribution in [1.29, 1.82) is 0 Å². The van der Waals surface area contributed by atoms with E-state index in [0.717, 1.165) is 22.2 Å². The molecule has 2 saturated carbocycles. The Kier molecular flexibility index (Phi) is 3.52. The second-order valence-corrected chi connectivity index (χ2v) is 7.77. The third-order valence-corrected chi connectivity index (χ3v) is 6.00. The Morgan fingerprint density at radius 3 is 2.72 bits per heavy atom. The summed E-state index contributed by atoms with van der Waals surface area (Å²) in [6.07, 6.45) is 18.7. The summed E-state index contributed by atoms with van der Waals surface area (Å²) in [6.45, 7) is 0. The van der Waals surface area contributed by atoms with E-state index in [1.807, 2.05) is 12.1 Å². The van der Waals surface area contributed by atoms with E-state index in [-0.39, 0.29) is 5.66 Å². The molecule has 1 spiro atoms. The van der Waals surface area contributed by atoms with Gasteiger partial charge in [0, 0.05) is 24.6 Å². The van der Waals surface area contributed by atoms with Crippen molar-refractivity contribution in [2.75, 3.05) is 5.32 Å². The summed E-state index contributed by atoms with van der Waals surface area (Å²) in [7, 11) is 0. The van der Waals surface area contributed by atoms with Crippen molar-refractivity contribution >= 4 is 17.4 Å². The molecule has 2 aliphatic carbocycles. The van der Waals surface area contributed by atoms with Crippen molar-refractivity contribution in [3.8, 4) is 0 Å². The second-order valence-electron chi connectivity index (χ2n) is 7.36. The number of aromatic nitrogens is 2. The fourth-order valence-electron chi connectivity index (χ4n) is 4.41. The number of rotatable bonds is 3. The highest BCUT2D eigenvalue weighted by atomic mass is 35.5. The first-order valence-corrected chi connectivity index (χ1v) is 9.56. The number of halogens is 1. The van der Waals surface area contributed by atoms with Crippen molar-refractivity contribution < 1.29 is 0 Å². The quantitative estimate of drug-likeness (QED) is 0.882. The first kappa shape index (κ1) is 15.3. The zero-order chi connectivity index (χ0) is 16.9. The summed E-state index contributed by atoms with van der Waals surface area (Å²) < 4.78 is 0. The minimum absolute atomic E-state index is 0.0712. The molecule has 1 aromatic rings. The number of allylic oxidation sites excluding steroid dienone is 2. The van der Waals surface area contributed by atoms with Gasteiger partial charge in [-0.25, -0.2) is 9.97 Å². The SMILES string of the molecule is ClC1=CC(Nc2ccncn2)=CN2C1=CN(C1CC1)C21CCCCC1. The van der Waals surface area contributed by atoms with Crippen LogP contribution in [0.3, 0.4) is 0 Å². The van der Waals surface area contributed by atoms with E-state index in [1.54, 1.807) is 12.5 Å². The molecule has 0 amide bonds. The molecule has 5 nitrogen and oxygen atoms in total. The van der Waals surface area contributed by atoms with Crippen LogP contribution in [0.2, 0.25) is 0 Å². The van der Waals surface area contributed by atoms with Gasteiger partial charge in [0.15, 0.2) is 0 Å². The maximum absolute atomic E-state index is 6.68. The lowest BCUT2D eigenvalue weighted by Gasteiger charge is -2.48. The van der Waals surface area contributed by atoms with Crippen LogP contribution in [0, 0.1) is 0 Å². The minimum Gasteiger partial charge on any atom is -0.350 e. The molecule has 0 bridgehead atoms. The van der Waals surface area contributed by atoms with Gasteiger partial charge in [0.2, 0.25) is 0 Å². The molecule has 25 heavy (non-hydrogen) atoms. The van der Waals surface area contributed by atoms with E-state index < -0.39 is 0 Å². The van der Waals surface area contributed by atoms with Gasteiger partial charge in [0.1, 0.15) is 17.8 Å². The van der Waals surface area contributed by atoms with Crippen LogP contribution < -0.4 is 5.32 Å². The number of nitrogens with one attached hydrogen (secondary N) is 1. The van der Waals surface area contributed by atoms with Crippen molar-refractivity contribution in [2.24, 2.45) is 0 Å². The van der Waals surface area contributed by atoms with Gasteiger partial charge in [0.25, 0.3) is 0 Å². The molecule has 6 heteroatoms. The highest BCUT2D eigenvalue weighted by Gasteiger charge is 2.52. The molecule has 2 fully saturated rings. The molecule has 0 unspecified atom stereocenters. The Bertz CT molecular complexity index is 759. The van der Waals surface area contributed by atoms with Gasteiger partial charge >= 0.3 is 0 Å². The first-order chi connectivity index (χ1) is 12.3. The zero-order valence-corrected chi connectivity index (χ0v) is 14.9. The van der Waals surface area contributed by atoms with Crippen LogP contribution in [0.25, 0.3) is 0 Å². The average Bonchev–Trinajstić information content (AvgIpc) is 3.43. The Balaban J connectivity index is 1.51. The molecule has 0 atom stereocenters. The molecule has 2 aliphatic heterocycles. The van der Waals surface area contributed by atoms with Crippen molar-refractivity contribution in [2.45, 2.75) is 56.7 Å². The van der Waals surface area contributed by atoms with Crippen LogP contribution in [0.1, 0.15) is 44.9 Å². The number of hydrogen-bond donors (Lipinski definition) is 1. The van der Waals surface area contributed by atoms with Crippen molar-refractivity contribution in [3.63, 3.8) is 0 Å². The molecule has 0 saturated heterocycles. The molecule has 0 aromatic carbocycles. The van der Waals surface area contributed by atoms with E-state index >= 15 is 0 Å². The Hall–Kier alpha value is -2.01. The van der Waals surface area contributed by atoms with Gasteiger partial charge in [-0.3, -0.25) is 0 Å². The summed E-state index contributed by atoms with van der Waals surface area (Å²) in [6, 6.07) is 2.55.